The molecule has 0 spiro atoms. The average molecular weight is 274 g/mol. The van der Waals surface area contributed by atoms with Crippen LogP contribution in [0.4, 0.5) is 5.95 Å². The molecular weight excluding hydrogens is 260 g/mol. The van der Waals surface area contributed by atoms with Crippen LogP contribution >= 0.6 is 0 Å². The summed E-state index contributed by atoms with van der Waals surface area (Å²) >= 11 is 0. The maximum absolute atomic E-state index is 12.1. The molecule has 0 saturated heterocycles. The second-order valence-corrected chi connectivity index (χ2v) is 4.39. The molecule has 0 aliphatic rings. The van der Waals surface area contributed by atoms with Crippen molar-refractivity contribution in [2.45, 2.75) is 13.8 Å². The van der Waals surface area contributed by atoms with Crippen molar-refractivity contribution in [2.24, 2.45) is 7.05 Å². The van der Waals surface area contributed by atoms with Gasteiger partial charge in [0.05, 0.1) is 0 Å². The molecule has 0 unspecified atom stereocenters. The molecule has 0 atom stereocenters. The summed E-state index contributed by atoms with van der Waals surface area (Å²) in [6.07, 6.45) is 1.49. The zero-order valence-electron chi connectivity index (χ0n) is 11.3. The van der Waals surface area contributed by atoms with Crippen molar-refractivity contribution in [2.75, 3.05) is 5.32 Å². The molecule has 2 heterocycles. The Morgan fingerprint density at radius 2 is 2.10 bits per heavy atom. The summed E-state index contributed by atoms with van der Waals surface area (Å²) in [5, 5.41) is 12.2. The van der Waals surface area contributed by atoms with Crippen molar-refractivity contribution in [1.29, 1.82) is 0 Å². The number of hydrogen-bond donors (Lipinski definition) is 2. The van der Waals surface area contributed by atoms with Gasteiger partial charge >= 0.3 is 0 Å². The van der Waals surface area contributed by atoms with Gasteiger partial charge in [0.1, 0.15) is 11.3 Å². The number of nitrogens with one attached hydrogen (secondary N) is 1. The lowest BCUT2D eigenvalue weighted by molar-refractivity contribution is 0.102. The number of nitrogens with zero attached hydrogens (tertiary/aromatic N) is 3. The van der Waals surface area contributed by atoms with E-state index in [1.807, 2.05) is 0 Å². The molecule has 2 N–H and O–H groups in total. The van der Waals surface area contributed by atoms with E-state index in [0.717, 1.165) is 0 Å². The molecule has 104 valence electrons. The summed E-state index contributed by atoms with van der Waals surface area (Å²) in [5.74, 6) is -1.03. The molecule has 0 aromatic carbocycles. The van der Waals surface area contributed by atoms with Gasteiger partial charge in [-0.2, -0.15) is 0 Å². The van der Waals surface area contributed by atoms with Crippen molar-refractivity contribution < 1.29 is 9.90 Å². The summed E-state index contributed by atoms with van der Waals surface area (Å²) in [7, 11) is 1.52. The summed E-state index contributed by atoms with van der Waals surface area (Å²) in [5.41, 5.74) is 0.322. The number of aromatic nitrogens is 3. The van der Waals surface area contributed by atoms with Crippen LogP contribution in [-0.4, -0.2) is 25.5 Å². The van der Waals surface area contributed by atoms with Crippen molar-refractivity contribution in [1.82, 2.24) is 14.5 Å². The Bertz CT molecular complexity index is 737. The molecule has 7 nitrogen and oxygen atoms in total. The summed E-state index contributed by atoms with van der Waals surface area (Å²) in [6, 6.07) is 3.03. The van der Waals surface area contributed by atoms with Crippen molar-refractivity contribution in [3.8, 4) is 5.75 Å². The number of carbonyl (C=O) groups excluding carboxylic acids is 1. The van der Waals surface area contributed by atoms with Crippen molar-refractivity contribution in [3.05, 3.63) is 45.6 Å². The van der Waals surface area contributed by atoms with Crippen LogP contribution in [0, 0.1) is 13.8 Å². The third kappa shape index (κ3) is 2.51. The zero-order valence-corrected chi connectivity index (χ0v) is 11.3. The fourth-order valence-corrected chi connectivity index (χ4v) is 1.69. The van der Waals surface area contributed by atoms with Crippen LogP contribution in [0.3, 0.4) is 0 Å². The van der Waals surface area contributed by atoms with Gasteiger partial charge in [-0.1, -0.05) is 0 Å². The monoisotopic (exact) mass is 274 g/mol. The van der Waals surface area contributed by atoms with Gasteiger partial charge in [0.25, 0.3) is 11.5 Å². The minimum absolute atomic E-state index is 0.0806. The van der Waals surface area contributed by atoms with Gasteiger partial charge in [0.15, 0.2) is 0 Å². The first kappa shape index (κ1) is 13.7. The number of rotatable bonds is 2. The first-order valence-corrected chi connectivity index (χ1v) is 5.90. The summed E-state index contributed by atoms with van der Waals surface area (Å²) < 4.78 is 1.28. The van der Waals surface area contributed by atoms with E-state index in [1.54, 1.807) is 19.9 Å². The quantitative estimate of drug-likeness (QED) is 0.842. The predicted octanol–water partition coefficient (Wildman–Crippen LogP) is 0.750. The Balaban J connectivity index is 2.40. The first-order valence-electron chi connectivity index (χ1n) is 5.90. The third-order valence-corrected chi connectivity index (χ3v) is 2.90. The molecule has 1 amide bonds. The Kier molecular flexibility index (Phi) is 3.51. The average Bonchev–Trinajstić information content (AvgIpc) is 2.36. The largest absolute Gasteiger partial charge is 0.507 e. The molecule has 0 bridgehead atoms. The second kappa shape index (κ2) is 5.12. The van der Waals surface area contributed by atoms with E-state index in [-0.39, 0.29) is 17.3 Å². The van der Waals surface area contributed by atoms with E-state index in [9.17, 15) is 14.7 Å². The number of aromatic hydroxyl groups is 1. The number of pyridine rings is 1. The highest BCUT2D eigenvalue weighted by Crippen LogP contribution is 2.15. The molecule has 2 aromatic rings. The lowest BCUT2D eigenvalue weighted by Gasteiger charge is -2.09. The SMILES string of the molecule is Cc1ccnc(NC(=O)c2c(O)cc(C)n(C)c2=O)n1. The highest BCUT2D eigenvalue weighted by molar-refractivity contribution is 6.05. The number of aryl methyl sites for hydroxylation is 2. The highest BCUT2D eigenvalue weighted by atomic mass is 16.3. The molecule has 0 aliphatic carbocycles. The maximum atomic E-state index is 12.1. The topological polar surface area (TPSA) is 97.1 Å². The van der Waals surface area contributed by atoms with Gasteiger partial charge < -0.3 is 9.67 Å². The number of hydrogen-bond acceptors (Lipinski definition) is 5. The molecule has 2 aromatic heterocycles. The van der Waals surface area contributed by atoms with Crippen LogP contribution in [0.2, 0.25) is 0 Å². The van der Waals surface area contributed by atoms with Crippen molar-refractivity contribution >= 4 is 11.9 Å². The van der Waals surface area contributed by atoms with Gasteiger partial charge in [-0.3, -0.25) is 14.9 Å². The van der Waals surface area contributed by atoms with Gasteiger partial charge in [0.2, 0.25) is 5.95 Å². The molecule has 2 rings (SSSR count). The van der Waals surface area contributed by atoms with Gasteiger partial charge in [-0.25, -0.2) is 9.97 Å². The zero-order chi connectivity index (χ0) is 14.9. The predicted molar refractivity (Wildman–Crippen MR) is 72.8 cm³/mol. The minimum atomic E-state index is -0.742. The van der Waals surface area contributed by atoms with Gasteiger partial charge in [0, 0.05) is 30.7 Å². The minimum Gasteiger partial charge on any atom is -0.507 e. The molecule has 0 radical (unpaired) electrons. The van der Waals surface area contributed by atoms with E-state index in [0.29, 0.717) is 11.4 Å². The van der Waals surface area contributed by atoms with Crippen molar-refractivity contribution in [3.63, 3.8) is 0 Å². The second-order valence-electron chi connectivity index (χ2n) is 4.39. The Hall–Kier alpha value is -2.70. The fraction of sp³-hybridized carbons (Fsp3) is 0.231. The fourth-order valence-electron chi connectivity index (χ4n) is 1.69. The standard InChI is InChI=1S/C13H14N4O3/c1-7-4-5-14-13(15-7)16-11(19)10-9(18)6-8(2)17(3)12(10)20/h4-6,18H,1-3H3,(H,14,15,16,19). The molecule has 0 aliphatic heterocycles. The first-order chi connectivity index (χ1) is 9.40. The van der Waals surface area contributed by atoms with E-state index in [4.69, 9.17) is 0 Å². The van der Waals surface area contributed by atoms with E-state index >= 15 is 0 Å². The van der Waals surface area contributed by atoms with Gasteiger partial charge in [-0.15, -0.1) is 0 Å². The Morgan fingerprint density at radius 3 is 2.75 bits per heavy atom. The molecule has 7 heteroatoms. The lowest BCUT2D eigenvalue weighted by Crippen LogP contribution is -2.29. The van der Waals surface area contributed by atoms with Crippen LogP contribution in [0.1, 0.15) is 21.7 Å². The lowest BCUT2D eigenvalue weighted by atomic mass is 10.2. The smallest absolute Gasteiger partial charge is 0.267 e. The molecule has 0 fully saturated rings. The molecule has 0 saturated carbocycles. The van der Waals surface area contributed by atoms with E-state index < -0.39 is 11.5 Å². The molecular formula is C13H14N4O3. The highest BCUT2D eigenvalue weighted by Gasteiger charge is 2.19. The van der Waals surface area contributed by atoms with Crippen LogP contribution < -0.4 is 10.9 Å². The number of carbonyl (C=O) groups is 1. The van der Waals surface area contributed by atoms with Crippen LogP contribution in [0.25, 0.3) is 0 Å². The number of anilines is 1. The van der Waals surface area contributed by atoms with E-state index in [1.165, 1.54) is 23.9 Å². The van der Waals surface area contributed by atoms with E-state index in [2.05, 4.69) is 15.3 Å². The number of amides is 1. The molecule has 20 heavy (non-hydrogen) atoms. The Labute approximate surface area is 114 Å². The normalized spacial score (nSPS) is 10.3. The van der Waals surface area contributed by atoms with Crippen LogP contribution in [0.5, 0.6) is 5.75 Å². The third-order valence-electron chi connectivity index (χ3n) is 2.90. The van der Waals surface area contributed by atoms with Crippen LogP contribution in [0.15, 0.2) is 23.1 Å². The van der Waals surface area contributed by atoms with Crippen LogP contribution in [-0.2, 0) is 7.05 Å². The Morgan fingerprint density at radius 1 is 1.40 bits per heavy atom. The van der Waals surface area contributed by atoms with Gasteiger partial charge in [-0.05, 0) is 19.9 Å². The summed E-state index contributed by atoms with van der Waals surface area (Å²) in [6.45, 7) is 3.41. The maximum Gasteiger partial charge on any atom is 0.267 e. The summed E-state index contributed by atoms with van der Waals surface area (Å²) in [4.78, 5) is 32.0.